The minimum absolute atomic E-state index is 0.0293. The predicted molar refractivity (Wildman–Crippen MR) is 57.9 cm³/mol. The van der Waals surface area contributed by atoms with Crippen LogP contribution in [0.5, 0.6) is 0 Å². The lowest BCUT2D eigenvalue weighted by Crippen LogP contribution is -2.39. The van der Waals surface area contributed by atoms with Crippen LogP contribution in [0.3, 0.4) is 0 Å². The zero-order chi connectivity index (χ0) is 9.68. The van der Waals surface area contributed by atoms with Crippen molar-refractivity contribution in [2.45, 2.75) is 43.5 Å². The zero-order valence-electron chi connectivity index (χ0n) is 7.92. The molecule has 13 heavy (non-hydrogen) atoms. The summed E-state index contributed by atoms with van der Waals surface area (Å²) in [6.45, 7) is 2.00. The Labute approximate surface area is 87.9 Å². The van der Waals surface area contributed by atoms with E-state index in [0.717, 1.165) is 25.7 Å². The van der Waals surface area contributed by atoms with Crippen LogP contribution in [0.2, 0.25) is 0 Å². The molecule has 74 valence electrons. The van der Waals surface area contributed by atoms with Gasteiger partial charge in [-0.05, 0) is 25.7 Å². The van der Waals surface area contributed by atoms with Crippen LogP contribution in [-0.2, 0) is 4.79 Å². The van der Waals surface area contributed by atoms with Gasteiger partial charge < -0.3 is 5.32 Å². The minimum Gasteiger partial charge on any atom is -0.352 e. The van der Waals surface area contributed by atoms with Gasteiger partial charge in [0.1, 0.15) is 0 Å². The summed E-state index contributed by atoms with van der Waals surface area (Å²) in [6.07, 6.45) is 8.30. The molecule has 1 amide bonds. The molecule has 0 spiro atoms. The van der Waals surface area contributed by atoms with Crippen molar-refractivity contribution in [3.63, 3.8) is 0 Å². The lowest BCUT2D eigenvalue weighted by Gasteiger charge is -2.20. The van der Waals surface area contributed by atoms with Crippen molar-refractivity contribution in [2.75, 3.05) is 0 Å². The number of hydrogen-bond acceptors (Lipinski definition) is 1. The molecular formula is C10H16BrNO. The molecule has 0 aliphatic heterocycles. The average molecular weight is 246 g/mol. The van der Waals surface area contributed by atoms with E-state index in [1.165, 1.54) is 0 Å². The maximum absolute atomic E-state index is 11.5. The van der Waals surface area contributed by atoms with Gasteiger partial charge in [-0.2, -0.15) is 0 Å². The molecule has 2 nitrogen and oxygen atoms in total. The molecule has 3 heteroatoms. The van der Waals surface area contributed by atoms with Crippen LogP contribution in [0, 0.1) is 0 Å². The topological polar surface area (TPSA) is 29.1 Å². The molecule has 0 aromatic heterocycles. The van der Waals surface area contributed by atoms with E-state index in [1.54, 1.807) is 0 Å². The number of allylic oxidation sites excluding steroid dienone is 1. The number of rotatable bonds is 3. The number of carbonyl (C=O) groups excluding carboxylic acids is 1. The van der Waals surface area contributed by atoms with Gasteiger partial charge in [-0.25, -0.2) is 0 Å². The summed E-state index contributed by atoms with van der Waals surface area (Å²) in [7, 11) is 0. The second-order valence-electron chi connectivity index (χ2n) is 3.37. The van der Waals surface area contributed by atoms with Crippen molar-refractivity contribution in [1.82, 2.24) is 5.32 Å². The highest BCUT2D eigenvalue weighted by atomic mass is 79.9. The van der Waals surface area contributed by atoms with Crippen molar-refractivity contribution in [2.24, 2.45) is 0 Å². The summed E-state index contributed by atoms with van der Waals surface area (Å²) in [5.74, 6) is 0.128. The van der Waals surface area contributed by atoms with E-state index in [1.807, 2.05) is 6.92 Å². The fourth-order valence-electron chi connectivity index (χ4n) is 1.40. The van der Waals surface area contributed by atoms with E-state index in [4.69, 9.17) is 0 Å². The highest BCUT2D eigenvalue weighted by Crippen LogP contribution is 2.12. The van der Waals surface area contributed by atoms with E-state index in [2.05, 4.69) is 33.4 Å². The van der Waals surface area contributed by atoms with Gasteiger partial charge in [0, 0.05) is 6.04 Å². The standard InChI is InChI=1S/C10H16BrNO/c1-2-9(11)10(13)12-8-6-4-3-5-7-8/h3-4,8-9H,2,5-7H2,1H3,(H,12,13). The normalized spacial score (nSPS) is 24.0. The first kappa shape index (κ1) is 10.8. The molecule has 2 atom stereocenters. The van der Waals surface area contributed by atoms with Crippen LogP contribution in [0.4, 0.5) is 0 Å². The molecule has 0 radical (unpaired) electrons. The number of hydrogen-bond donors (Lipinski definition) is 1. The SMILES string of the molecule is CCC(Br)C(=O)NC1CC=CCC1. The molecule has 1 rings (SSSR count). The first-order valence-corrected chi connectivity index (χ1v) is 5.75. The first-order chi connectivity index (χ1) is 6.24. The maximum Gasteiger partial charge on any atom is 0.233 e. The van der Waals surface area contributed by atoms with Gasteiger partial charge in [0.15, 0.2) is 0 Å². The third kappa shape index (κ3) is 3.51. The van der Waals surface area contributed by atoms with Crippen LogP contribution >= 0.6 is 15.9 Å². The summed E-state index contributed by atoms with van der Waals surface area (Å²) in [5.41, 5.74) is 0. The molecule has 0 fully saturated rings. The minimum atomic E-state index is -0.0293. The zero-order valence-corrected chi connectivity index (χ0v) is 9.51. The van der Waals surface area contributed by atoms with E-state index in [9.17, 15) is 4.79 Å². The Morgan fingerprint density at radius 3 is 3.00 bits per heavy atom. The highest BCUT2D eigenvalue weighted by molar-refractivity contribution is 9.10. The summed E-state index contributed by atoms with van der Waals surface area (Å²) >= 11 is 3.34. The molecule has 0 saturated heterocycles. The van der Waals surface area contributed by atoms with Gasteiger partial charge >= 0.3 is 0 Å². The average Bonchev–Trinajstić information content (AvgIpc) is 2.18. The Morgan fingerprint density at radius 2 is 2.46 bits per heavy atom. The second-order valence-corrected chi connectivity index (χ2v) is 4.47. The van der Waals surface area contributed by atoms with Gasteiger partial charge in [-0.1, -0.05) is 35.0 Å². The Bertz CT molecular complexity index is 203. The third-order valence-corrected chi connectivity index (χ3v) is 3.32. The van der Waals surface area contributed by atoms with Crippen molar-refractivity contribution in [1.29, 1.82) is 0 Å². The van der Waals surface area contributed by atoms with E-state index in [-0.39, 0.29) is 10.7 Å². The number of alkyl halides is 1. The monoisotopic (exact) mass is 245 g/mol. The molecule has 2 unspecified atom stereocenters. The molecular weight excluding hydrogens is 230 g/mol. The molecule has 0 aromatic carbocycles. The molecule has 0 bridgehead atoms. The van der Waals surface area contributed by atoms with Crippen LogP contribution in [-0.4, -0.2) is 16.8 Å². The quantitative estimate of drug-likeness (QED) is 0.601. The number of amides is 1. The third-order valence-electron chi connectivity index (χ3n) is 2.26. The fourth-order valence-corrected chi connectivity index (χ4v) is 1.53. The Hall–Kier alpha value is -0.310. The Kier molecular flexibility index (Phi) is 4.50. The summed E-state index contributed by atoms with van der Waals surface area (Å²) in [5, 5.41) is 3.03. The molecule has 1 aliphatic rings. The lowest BCUT2D eigenvalue weighted by atomic mass is 10.0. The largest absolute Gasteiger partial charge is 0.352 e. The summed E-state index contributed by atoms with van der Waals surface area (Å²) in [4.78, 5) is 11.4. The van der Waals surface area contributed by atoms with Gasteiger partial charge in [-0.3, -0.25) is 4.79 Å². The first-order valence-electron chi connectivity index (χ1n) is 4.83. The van der Waals surface area contributed by atoms with Crippen LogP contribution < -0.4 is 5.32 Å². The summed E-state index contributed by atoms with van der Waals surface area (Å²) < 4.78 is 0. The van der Waals surface area contributed by atoms with Crippen LogP contribution in [0.1, 0.15) is 32.6 Å². The lowest BCUT2D eigenvalue weighted by molar-refractivity contribution is -0.121. The van der Waals surface area contributed by atoms with Crippen molar-refractivity contribution < 1.29 is 4.79 Å². The fraction of sp³-hybridized carbons (Fsp3) is 0.700. The number of nitrogens with one attached hydrogen (secondary N) is 1. The molecule has 0 aromatic rings. The van der Waals surface area contributed by atoms with Gasteiger partial charge in [0.05, 0.1) is 4.83 Å². The van der Waals surface area contributed by atoms with Gasteiger partial charge in [0.25, 0.3) is 0 Å². The van der Waals surface area contributed by atoms with E-state index < -0.39 is 0 Å². The predicted octanol–water partition coefficient (Wildman–Crippen LogP) is 2.38. The Balaban J connectivity index is 2.31. The smallest absolute Gasteiger partial charge is 0.233 e. The molecule has 1 aliphatic carbocycles. The van der Waals surface area contributed by atoms with Crippen LogP contribution in [0.15, 0.2) is 12.2 Å². The number of halogens is 1. The highest BCUT2D eigenvalue weighted by Gasteiger charge is 2.17. The van der Waals surface area contributed by atoms with Crippen LogP contribution in [0.25, 0.3) is 0 Å². The number of carbonyl (C=O) groups is 1. The van der Waals surface area contributed by atoms with Crippen molar-refractivity contribution in [3.05, 3.63) is 12.2 Å². The van der Waals surface area contributed by atoms with Gasteiger partial charge in [-0.15, -0.1) is 0 Å². The second kappa shape index (κ2) is 5.43. The summed E-state index contributed by atoms with van der Waals surface area (Å²) in [6, 6.07) is 0.351. The van der Waals surface area contributed by atoms with Crippen molar-refractivity contribution in [3.8, 4) is 0 Å². The van der Waals surface area contributed by atoms with E-state index >= 15 is 0 Å². The van der Waals surface area contributed by atoms with Gasteiger partial charge in [0.2, 0.25) is 5.91 Å². The molecule has 1 N–H and O–H groups in total. The van der Waals surface area contributed by atoms with Crippen molar-refractivity contribution >= 4 is 21.8 Å². The molecule has 0 saturated carbocycles. The maximum atomic E-state index is 11.5. The molecule has 0 heterocycles. The van der Waals surface area contributed by atoms with E-state index in [0.29, 0.717) is 6.04 Å². The Morgan fingerprint density at radius 1 is 1.69 bits per heavy atom.